The average molecular weight is 355 g/mol. The van der Waals surface area contributed by atoms with Crippen LogP contribution in [0, 0.1) is 0 Å². The topological polar surface area (TPSA) is 65.5 Å². The maximum absolute atomic E-state index is 13.0. The number of aromatic nitrogens is 1. The molecule has 0 fully saturated rings. The number of pyridine rings is 1. The van der Waals surface area contributed by atoms with E-state index in [2.05, 4.69) is 14.5 Å². The first-order chi connectivity index (χ1) is 11.3. The van der Waals surface area contributed by atoms with Crippen molar-refractivity contribution in [3.05, 3.63) is 53.9 Å². The van der Waals surface area contributed by atoms with E-state index in [1.807, 2.05) is 0 Å². The molecular formula is C16H15F2NO4S. The highest BCUT2D eigenvalue weighted by molar-refractivity contribution is 7.91. The molecule has 2 aromatic rings. The fraction of sp³-hybridized carbons (Fsp3) is 0.312. The van der Waals surface area contributed by atoms with Gasteiger partial charge in [-0.15, -0.1) is 8.78 Å². The molecule has 1 aliphatic rings. The molecule has 0 unspecified atom stereocenters. The Bertz CT molecular complexity index is 825. The first kappa shape index (κ1) is 16.6. The summed E-state index contributed by atoms with van der Waals surface area (Å²) in [7, 11) is -3.26. The average Bonchev–Trinajstić information content (AvgIpc) is 2.85. The molecule has 0 atom stereocenters. The SMILES string of the molecule is O=S(=O)(CCc1ccncc1)CCc1ccc2c(c1)OC(F)(F)O2. The molecule has 5 nitrogen and oxygen atoms in total. The van der Waals surface area contributed by atoms with E-state index in [0.29, 0.717) is 12.0 Å². The van der Waals surface area contributed by atoms with Crippen LogP contribution < -0.4 is 9.47 Å². The minimum Gasteiger partial charge on any atom is -0.395 e. The Labute approximate surface area is 138 Å². The highest BCUT2D eigenvalue weighted by Crippen LogP contribution is 2.41. The lowest BCUT2D eigenvalue weighted by Gasteiger charge is -2.06. The minimum atomic E-state index is -3.67. The molecule has 3 rings (SSSR count). The van der Waals surface area contributed by atoms with Crippen LogP contribution in [0.4, 0.5) is 8.78 Å². The molecule has 0 N–H and O–H groups in total. The van der Waals surface area contributed by atoms with Crippen molar-refractivity contribution in [2.24, 2.45) is 0 Å². The number of hydrogen-bond donors (Lipinski definition) is 0. The van der Waals surface area contributed by atoms with Gasteiger partial charge in [-0.2, -0.15) is 0 Å². The first-order valence-corrected chi connectivity index (χ1v) is 9.13. The molecule has 0 aliphatic carbocycles. The zero-order valence-corrected chi connectivity index (χ0v) is 13.4. The van der Waals surface area contributed by atoms with Gasteiger partial charge in [0, 0.05) is 12.4 Å². The van der Waals surface area contributed by atoms with Crippen LogP contribution in [0.15, 0.2) is 42.7 Å². The third-order valence-electron chi connectivity index (χ3n) is 3.62. The van der Waals surface area contributed by atoms with E-state index in [-0.39, 0.29) is 29.4 Å². The van der Waals surface area contributed by atoms with E-state index in [4.69, 9.17) is 0 Å². The lowest BCUT2D eigenvalue weighted by Crippen LogP contribution is -2.25. The van der Waals surface area contributed by atoms with E-state index in [0.717, 1.165) is 5.56 Å². The molecule has 0 radical (unpaired) electrons. The molecule has 0 amide bonds. The van der Waals surface area contributed by atoms with Crippen molar-refractivity contribution in [3.63, 3.8) is 0 Å². The van der Waals surface area contributed by atoms with Crippen LogP contribution in [0.3, 0.4) is 0 Å². The number of benzene rings is 1. The summed E-state index contributed by atoms with van der Waals surface area (Å²) in [6.45, 7) is 0. The maximum atomic E-state index is 13.0. The third-order valence-corrected chi connectivity index (χ3v) is 5.27. The summed E-state index contributed by atoms with van der Waals surface area (Å²) < 4.78 is 58.8. The van der Waals surface area contributed by atoms with Crippen molar-refractivity contribution in [2.45, 2.75) is 19.1 Å². The zero-order chi connectivity index (χ0) is 17.2. The van der Waals surface area contributed by atoms with Crippen LogP contribution in [0.1, 0.15) is 11.1 Å². The van der Waals surface area contributed by atoms with E-state index in [1.165, 1.54) is 12.1 Å². The smallest absolute Gasteiger partial charge is 0.395 e. The van der Waals surface area contributed by atoms with Gasteiger partial charge in [0.1, 0.15) is 0 Å². The van der Waals surface area contributed by atoms with Gasteiger partial charge in [0.15, 0.2) is 21.3 Å². The third kappa shape index (κ3) is 4.19. The summed E-state index contributed by atoms with van der Waals surface area (Å²) in [5, 5.41) is 0. The normalized spacial score (nSPS) is 15.4. The Morgan fingerprint density at radius 2 is 1.54 bits per heavy atom. The maximum Gasteiger partial charge on any atom is 0.586 e. The predicted octanol–water partition coefficient (Wildman–Crippen LogP) is 2.60. The van der Waals surface area contributed by atoms with Crippen LogP contribution in [-0.2, 0) is 22.7 Å². The number of sulfone groups is 1. The number of rotatable bonds is 6. The largest absolute Gasteiger partial charge is 0.586 e. The van der Waals surface area contributed by atoms with Crippen LogP contribution >= 0.6 is 0 Å². The first-order valence-electron chi connectivity index (χ1n) is 7.31. The molecule has 0 saturated carbocycles. The minimum absolute atomic E-state index is 0.0274. The molecule has 24 heavy (non-hydrogen) atoms. The Morgan fingerprint density at radius 3 is 2.25 bits per heavy atom. The number of alkyl halides is 2. The molecule has 2 heterocycles. The van der Waals surface area contributed by atoms with Crippen molar-refractivity contribution < 1.29 is 26.7 Å². The van der Waals surface area contributed by atoms with Gasteiger partial charge in [0.05, 0.1) is 11.5 Å². The summed E-state index contributed by atoms with van der Waals surface area (Å²) >= 11 is 0. The molecule has 1 aliphatic heterocycles. The molecule has 1 aromatic carbocycles. The van der Waals surface area contributed by atoms with E-state index < -0.39 is 16.1 Å². The van der Waals surface area contributed by atoms with Gasteiger partial charge in [-0.05, 0) is 48.2 Å². The Morgan fingerprint density at radius 1 is 0.917 bits per heavy atom. The van der Waals surface area contributed by atoms with Crippen LogP contribution in [-0.4, -0.2) is 31.2 Å². The molecule has 1 aromatic heterocycles. The van der Waals surface area contributed by atoms with Crippen LogP contribution in [0.5, 0.6) is 11.5 Å². The number of hydrogen-bond acceptors (Lipinski definition) is 5. The molecule has 0 bridgehead atoms. The van der Waals surface area contributed by atoms with Crippen molar-refractivity contribution in [1.82, 2.24) is 4.98 Å². The molecule has 128 valence electrons. The number of ether oxygens (including phenoxy) is 2. The quantitative estimate of drug-likeness (QED) is 0.797. The summed E-state index contributed by atoms with van der Waals surface area (Å²) in [6, 6.07) is 7.84. The second-order valence-electron chi connectivity index (χ2n) is 5.46. The van der Waals surface area contributed by atoms with Gasteiger partial charge >= 0.3 is 6.29 Å². The number of fused-ring (bicyclic) bond motifs is 1. The summed E-state index contributed by atoms with van der Waals surface area (Å²) in [4.78, 5) is 3.88. The van der Waals surface area contributed by atoms with Crippen molar-refractivity contribution in [1.29, 1.82) is 0 Å². The van der Waals surface area contributed by atoms with Gasteiger partial charge in [-0.3, -0.25) is 4.98 Å². The Hall–Kier alpha value is -2.22. The monoisotopic (exact) mass is 355 g/mol. The molecule has 0 spiro atoms. The van der Waals surface area contributed by atoms with Gasteiger partial charge in [-0.1, -0.05) is 6.07 Å². The van der Waals surface area contributed by atoms with E-state index >= 15 is 0 Å². The highest BCUT2D eigenvalue weighted by Gasteiger charge is 2.43. The fourth-order valence-electron chi connectivity index (χ4n) is 2.35. The highest BCUT2D eigenvalue weighted by atomic mass is 32.2. The van der Waals surface area contributed by atoms with Crippen molar-refractivity contribution in [2.75, 3.05) is 11.5 Å². The number of halogens is 2. The Kier molecular flexibility index (Phi) is 4.40. The standard InChI is InChI=1S/C16H15F2NO4S/c17-16(18)22-14-2-1-13(11-15(14)23-16)6-10-24(20,21)9-5-12-3-7-19-8-4-12/h1-4,7-8,11H,5-6,9-10H2. The van der Waals surface area contributed by atoms with Gasteiger partial charge in [-0.25, -0.2) is 8.42 Å². The Balaban J connectivity index is 1.57. The van der Waals surface area contributed by atoms with E-state index in [1.54, 1.807) is 30.6 Å². The van der Waals surface area contributed by atoms with Crippen LogP contribution in [0.2, 0.25) is 0 Å². The van der Waals surface area contributed by atoms with Gasteiger partial charge in [0.25, 0.3) is 0 Å². The van der Waals surface area contributed by atoms with Gasteiger partial charge in [0.2, 0.25) is 0 Å². The summed E-state index contributed by atoms with van der Waals surface area (Å²) in [5.41, 5.74) is 1.50. The number of aryl methyl sites for hydroxylation is 2. The zero-order valence-electron chi connectivity index (χ0n) is 12.6. The van der Waals surface area contributed by atoms with Crippen molar-refractivity contribution in [3.8, 4) is 11.5 Å². The second kappa shape index (κ2) is 6.35. The number of nitrogens with zero attached hydrogens (tertiary/aromatic N) is 1. The summed E-state index contributed by atoms with van der Waals surface area (Å²) in [5.74, 6) is -0.163. The van der Waals surface area contributed by atoms with Crippen molar-refractivity contribution >= 4 is 9.84 Å². The van der Waals surface area contributed by atoms with Crippen LogP contribution in [0.25, 0.3) is 0 Å². The second-order valence-corrected chi connectivity index (χ2v) is 7.76. The lowest BCUT2D eigenvalue weighted by molar-refractivity contribution is -0.286. The molecular weight excluding hydrogens is 340 g/mol. The lowest BCUT2D eigenvalue weighted by atomic mass is 10.1. The molecule has 8 heteroatoms. The molecule has 0 saturated heterocycles. The predicted molar refractivity (Wildman–Crippen MR) is 82.9 cm³/mol. The van der Waals surface area contributed by atoms with E-state index in [9.17, 15) is 17.2 Å². The van der Waals surface area contributed by atoms with Gasteiger partial charge < -0.3 is 9.47 Å². The summed E-state index contributed by atoms with van der Waals surface area (Å²) in [6.07, 6.45) is 0.200. The fourth-order valence-corrected chi connectivity index (χ4v) is 3.64.